The van der Waals surface area contributed by atoms with E-state index in [0.29, 0.717) is 12.6 Å². The van der Waals surface area contributed by atoms with E-state index in [0.717, 1.165) is 49.7 Å². The maximum absolute atomic E-state index is 5.88. The molecule has 0 aromatic heterocycles. The molecule has 1 saturated heterocycles. The molecular formula is C20H31NO2S. The highest BCUT2D eigenvalue weighted by Gasteiger charge is 2.26. The van der Waals surface area contributed by atoms with Crippen molar-refractivity contribution in [3.63, 3.8) is 0 Å². The first kappa shape index (κ1) is 19.2. The van der Waals surface area contributed by atoms with Crippen LogP contribution < -0.4 is 4.74 Å². The summed E-state index contributed by atoms with van der Waals surface area (Å²) < 4.78 is 14.0. The molecule has 0 spiro atoms. The maximum Gasteiger partial charge on any atom is 0.119 e. The summed E-state index contributed by atoms with van der Waals surface area (Å²) in [6.07, 6.45) is 5.79. The highest BCUT2D eigenvalue weighted by atomic mass is 32.2. The van der Waals surface area contributed by atoms with Crippen LogP contribution in [0.3, 0.4) is 0 Å². The van der Waals surface area contributed by atoms with Crippen LogP contribution in [0.4, 0.5) is 0 Å². The number of benzene rings is 1. The third-order valence-electron chi connectivity index (χ3n) is 4.28. The van der Waals surface area contributed by atoms with Gasteiger partial charge in [0.2, 0.25) is 0 Å². The van der Waals surface area contributed by atoms with Crippen LogP contribution in [0.15, 0.2) is 36.6 Å². The summed E-state index contributed by atoms with van der Waals surface area (Å²) in [7, 11) is 0. The summed E-state index contributed by atoms with van der Waals surface area (Å²) in [6, 6.07) is 8.76. The average Bonchev–Trinajstić information content (AvgIpc) is 2.62. The van der Waals surface area contributed by atoms with Crippen molar-refractivity contribution in [2.24, 2.45) is 0 Å². The molecule has 1 aromatic carbocycles. The second-order valence-electron chi connectivity index (χ2n) is 6.09. The van der Waals surface area contributed by atoms with E-state index in [2.05, 4.69) is 36.0 Å². The Bertz CT molecular complexity index is 506. The van der Waals surface area contributed by atoms with Crippen LogP contribution in [0.25, 0.3) is 0 Å². The van der Waals surface area contributed by atoms with Gasteiger partial charge < -0.3 is 9.47 Å². The molecule has 1 unspecified atom stereocenters. The lowest BCUT2D eigenvalue weighted by Gasteiger charge is -2.35. The van der Waals surface area contributed by atoms with Crippen LogP contribution >= 0.6 is 11.9 Å². The highest BCUT2D eigenvalue weighted by molar-refractivity contribution is 7.97. The van der Waals surface area contributed by atoms with Gasteiger partial charge in [0.1, 0.15) is 11.5 Å². The van der Waals surface area contributed by atoms with Gasteiger partial charge in [0.05, 0.1) is 19.3 Å². The Morgan fingerprint density at radius 3 is 3.00 bits per heavy atom. The minimum absolute atomic E-state index is 0.367. The van der Waals surface area contributed by atoms with Gasteiger partial charge in [-0.1, -0.05) is 44.0 Å². The maximum atomic E-state index is 5.88. The van der Waals surface area contributed by atoms with Crippen molar-refractivity contribution in [1.29, 1.82) is 0 Å². The third kappa shape index (κ3) is 6.06. The minimum atomic E-state index is 0.367. The molecule has 0 amide bonds. The van der Waals surface area contributed by atoms with E-state index in [4.69, 9.17) is 9.47 Å². The molecule has 0 radical (unpaired) electrons. The van der Waals surface area contributed by atoms with Crippen molar-refractivity contribution >= 4 is 11.9 Å². The summed E-state index contributed by atoms with van der Waals surface area (Å²) in [5, 5.41) is 0. The number of nitrogens with zero attached hydrogens (tertiary/aromatic N) is 1. The Morgan fingerprint density at radius 1 is 1.33 bits per heavy atom. The zero-order valence-electron chi connectivity index (χ0n) is 15.1. The molecule has 1 heterocycles. The van der Waals surface area contributed by atoms with Crippen molar-refractivity contribution in [3.8, 4) is 5.75 Å². The lowest BCUT2D eigenvalue weighted by molar-refractivity contribution is 0.159. The average molecular weight is 350 g/mol. The molecule has 134 valence electrons. The highest BCUT2D eigenvalue weighted by Crippen LogP contribution is 2.29. The van der Waals surface area contributed by atoms with Crippen molar-refractivity contribution in [3.05, 3.63) is 42.2 Å². The quantitative estimate of drug-likeness (QED) is 0.334. The van der Waals surface area contributed by atoms with E-state index in [1.807, 2.05) is 24.9 Å². The molecule has 1 aliphatic rings. The standard InChI is InChI=1S/C20H31NO2S/c1-4-18-10-8-11-19(16-18)23-14-9-15-24-21-13-7-6-12-20(21)17(3)22-5-2/h8,10-11,16,20H,3-7,9,12-15H2,1-2H3. The Balaban J connectivity index is 1.69. The first-order chi connectivity index (χ1) is 11.7. The van der Waals surface area contributed by atoms with Gasteiger partial charge in [-0.3, -0.25) is 0 Å². The fourth-order valence-electron chi connectivity index (χ4n) is 2.95. The molecule has 1 aromatic rings. The minimum Gasteiger partial charge on any atom is -0.497 e. The molecule has 0 bridgehead atoms. The summed E-state index contributed by atoms with van der Waals surface area (Å²) >= 11 is 1.91. The molecule has 0 saturated carbocycles. The van der Waals surface area contributed by atoms with Crippen LogP contribution in [-0.4, -0.2) is 35.9 Å². The van der Waals surface area contributed by atoms with Gasteiger partial charge in [-0.05, 0) is 50.3 Å². The SMILES string of the molecule is C=C(OCC)C1CCCCN1SCCCOc1cccc(CC)c1. The van der Waals surface area contributed by atoms with Crippen LogP contribution in [0.2, 0.25) is 0 Å². The first-order valence-electron chi connectivity index (χ1n) is 9.17. The van der Waals surface area contributed by atoms with Gasteiger partial charge in [-0.2, -0.15) is 0 Å². The topological polar surface area (TPSA) is 21.7 Å². The zero-order valence-corrected chi connectivity index (χ0v) is 15.9. The van der Waals surface area contributed by atoms with Gasteiger partial charge in [0.25, 0.3) is 0 Å². The fraction of sp³-hybridized carbons (Fsp3) is 0.600. The second kappa shape index (κ2) is 10.7. The molecule has 1 atom stereocenters. The smallest absolute Gasteiger partial charge is 0.119 e. The molecule has 0 aliphatic carbocycles. The van der Waals surface area contributed by atoms with Crippen LogP contribution in [-0.2, 0) is 11.2 Å². The van der Waals surface area contributed by atoms with Gasteiger partial charge in [0.15, 0.2) is 0 Å². The first-order valence-corrected chi connectivity index (χ1v) is 10.1. The van der Waals surface area contributed by atoms with Gasteiger partial charge in [0, 0.05) is 12.3 Å². The summed E-state index contributed by atoms with van der Waals surface area (Å²) in [5.74, 6) is 2.99. The summed E-state index contributed by atoms with van der Waals surface area (Å²) in [4.78, 5) is 0. The number of rotatable bonds is 10. The van der Waals surface area contributed by atoms with E-state index >= 15 is 0 Å². The van der Waals surface area contributed by atoms with Gasteiger partial charge >= 0.3 is 0 Å². The van der Waals surface area contributed by atoms with E-state index in [1.54, 1.807) is 0 Å². The van der Waals surface area contributed by atoms with Crippen LogP contribution in [0.5, 0.6) is 5.75 Å². The Hall–Kier alpha value is -1.13. The number of piperidine rings is 1. The summed E-state index contributed by atoms with van der Waals surface area (Å²) in [6.45, 7) is 10.9. The number of hydrogen-bond donors (Lipinski definition) is 0. The Morgan fingerprint density at radius 2 is 2.21 bits per heavy atom. The molecular weight excluding hydrogens is 318 g/mol. The van der Waals surface area contributed by atoms with E-state index in [1.165, 1.54) is 18.4 Å². The molecule has 0 N–H and O–H groups in total. The normalized spacial score (nSPS) is 18.3. The number of ether oxygens (including phenoxy) is 2. The number of aryl methyl sites for hydroxylation is 1. The lowest BCUT2D eigenvalue weighted by Crippen LogP contribution is -2.36. The Kier molecular flexibility index (Phi) is 8.54. The second-order valence-corrected chi connectivity index (χ2v) is 7.22. The fourth-order valence-corrected chi connectivity index (χ4v) is 4.09. The third-order valence-corrected chi connectivity index (χ3v) is 5.52. The molecule has 3 nitrogen and oxygen atoms in total. The molecule has 4 heteroatoms. The van der Waals surface area contributed by atoms with Crippen molar-refractivity contribution in [2.45, 2.75) is 52.0 Å². The predicted molar refractivity (Wildman–Crippen MR) is 104 cm³/mol. The van der Waals surface area contributed by atoms with Crippen molar-refractivity contribution in [1.82, 2.24) is 4.31 Å². The van der Waals surface area contributed by atoms with Crippen LogP contribution in [0, 0.1) is 0 Å². The molecule has 1 aliphatic heterocycles. The van der Waals surface area contributed by atoms with E-state index in [9.17, 15) is 0 Å². The van der Waals surface area contributed by atoms with E-state index < -0.39 is 0 Å². The number of hydrogen-bond acceptors (Lipinski definition) is 4. The van der Waals surface area contributed by atoms with Crippen molar-refractivity contribution in [2.75, 3.05) is 25.5 Å². The lowest BCUT2D eigenvalue weighted by atomic mass is 10.0. The van der Waals surface area contributed by atoms with Gasteiger partial charge in [-0.15, -0.1) is 0 Å². The van der Waals surface area contributed by atoms with Crippen molar-refractivity contribution < 1.29 is 9.47 Å². The van der Waals surface area contributed by atoms with E-state index in [-0.39, 0.29) is 0 Å². The molecule has 2 rings (SSSR count). The zero-order chi connectivity index (χ0) is 17.2. The molecule has 24 heavy (non-hydrogen) atoms. The summed E-state index contributed by atoms with van der Waals surface area (Å²) in [5.41, 5.74) is 1.33. The monoisotopic (exact) mass is 349 g/mol. The molecule has 1 fully saturated rings. The van der Waals surface area contributed by atoms with Crippen LogP contribution in [0.1, 0.15) is 45.1 Å². The van der Waals surface area contributed by atoms with Gasteiger partial charge in [-0.25, -0.2) is 4.31 Å². The largest absolute Gasteiger partial charge is 0.497 e. The predicted octanol–water partition coefficient (Wildman–Crippen LogP) is 5.07. The Labute approximate surface area is 151 Å².